The first kappa shape index (κ1) is 14.6. The lowest BCUT2D eigenvalue weighted by Crippen LogP contribution is -2.26. The van der Waals surface area contributed by atoms with Crippen molar-refractivity contribution >= 4 is 15.9 Å². The van der Waals surface area contributed by atoms with Crippen molar-refractivity contribution in [3.05, 3.63) is 22.2 Å². The van der Waals surface area contributed by atoms with Gasteiger partial charge in [-0.15, -0.1) is 0 Å². The zero-order valence-electron chi connectivity index (χ0n) is 11.4. The summed E-state index contributed by atoms with van der Waals surface area (Å²) in [6.07, 6.45) is 2.05. The van der Waals surface area contributed by atoms with Crippen molar-refractivity contribution in [2.75, 3.05) is 27.4 Å². The first-order valence-corrected chi connectivity index (χ1v) is 7.29. The minimum atomic E-state index is 0.203. The number of rotatable bonds is 5. The molecule has 5 heteroatoms. The van der Waals surface area contributed by atoms with Gasteiger partial charge in [0.1, 0.15) is 6.10 Å². The highest BCUT2D eigenvalue weighted by Gasteiger charge is 2.19. The summed E-state index contributed by atoms with van der Waals surface area (Å²) in [5.74, 6) is 1.56. The first-order chi connectivity index (χ1) is 9.24. The number of methoxy groups -OCH3 is 1. The van der Waals surface area contributed by atoms with Crippen LogP contribution in [0.4, 0.5) is 0 Å². The van der Waals surface area contributed by atoms with E-state index in [0.717, 1.165) is 54.1 Å². The van der Waals surface area contributed by atoms with Crippen LogP contribution in [0.1, 0.15) is 18.4 Å². The number of ether oxygens (including phenoxy) is 3. The van der Waals surface area contributed by atoms with Crippen molar-refractivity contribution in [3.63, 3.8) is 0 Å². The van der Waals surface area contributed by atoms with Crippen molar-refractivity contribution in [1.29, 1.82) is 0 Å². The standard InChI is InChI=1S/C14H20BrNO3/c1-16-9-10-7-12(15)14(13(8-10)17-2)19-11-3-5-18-6-4-11/h7-8,11,16H,3-6,9H2,1-2H3. The molecule has 1 aromatic carbocycles. The lowest BCUT2D eigenvalue weighted by molar-refractivity contribution is 0.0242. The topological polar surface area (TPSA) is 39.7 Å². The molecule has 106 valence electrons. The summed E-state index contributed by atoms with van der Waals surface area (Å²) < 4.78 is 17.8. The minimum Gasteiger partial charge on any atom is -0.493 e. The maximum atomic E-state index is 6.07. The van der Waals surface area contributed by atoms with E-state index >= 15 is 0 Å². The summed E-state index contributed by atoms with van der Waals surface area (Å²) in [6.45, 7) is 2.33. The van der Waals surface area contributed by atoms with Gasteiger partial charge in [0.15, 0.2) is 11.5 Å². The molecule has 0 spiro atoms. The van der Waals surface area contributed by atoms with Gasteiger partial charge in [0.25, 0.3) is 0 Å². The van der Waals surface area contributed by atoms with Crippen LogP contribution in [-0.2, 0) is 11.3 Å². The van der Waals surface area contributed by atoms with E-state index in [1.165, 1.54) is 0 Å². The van der Waals surface area contributed by atoms with Gasteiger partial charge in [-0.1, -0.05) is 0 Å². The molecule has 0 aromatic heterocycles. The van der Waals surface area contributed by atoms with Crippen LogP contribution in [0.5, 0.6) is 11.5 Å². The normalized spacial score (nSPS) is 16.4. The average molecular weight is 330 g/mol. The second-order valence-electron chi connectivity index (χ2n) is 4.57. The molecule has 0 bridgehead atoms. The van der Waals surface area contributed by atoms with Gasteiger partial charge >= 0.3 is 0 Å². The van der Waals surface area contributed by atoms with E-state index in [-0.39, 0.29) is 6.10 Å². The molecule has 0 radical (unpaired) electrons. The van der Waals surface area contributed by atoms with E-state index in [0.29, 0.717) is 0 Å². The second kappa shape index (κ2) is 7.12. The Bertz CT molecular complexity index is 419. The van der Waals surface area contributed by atoms with E-state index in [4.69, 9.17) is 14.2 Å². The average Bonchev–Trinajstić information content (AvgIpc) is 2.43. The predicted molar refractivity (Wildman–Crippen MR) is 77.9 cm³/mol. The molecule has 0 atom stereocenters. The third-order valence-electron chi connectivity index (χ3n) is 3.12. The lowest BCUT2D eigenvalue weighted by atomic mass is 10.1. The molecule has 1 N–H and O–H groups in total. The van der Waals surface area contributed by atoms with E-state index in [1.54, 1.807) is 7.11 Å². The molecule has 0 unspecified atom stereocenters. The van der Waals surface area contributed by atoms with Gasteiger partial charge in [0.05, 0.1) is 24.8 Å². The molecule has 4 nitrogen and oxygen atoms in total. The van der Waals surface area contributed by atoms with Crippen molar-refractivity contribution in [2.45, 2.75) is 25.5 Å². The molecule has 19 heavy (non-hydrogen) atoms. The zero-order valence-corrected chi connectivity index (χ0v) is 13.0. The number of halogens is 1. The number of hydrogen-bond acceptors (Lipinski definition) is 4. The second-order valence-corrected chi connectivity index (χ2v) is 5.42. The quantitative estimate of drug-likeness (QED) is 0.901. The smallest absolute Gasteiger partial charge is 0.175 e. The number of benzene rings is 1. The molecule has 1 aliphatic heterocycles. The molecule has 0 aliphatic carbocycles. The largest absolute Gasteiger partial charge is 0.493 e. The van der Waals surface area contributed by atoms with Gasteiger partial charge in [0, 0.05) is 19.4 Å². The molecule has 1 saturated heterocycles. The monoisotopic (exact) mass is 329 g/mol. The highest BCUT2D eigenvalue weighted by atomic mass is 79.9. The SMILES string of the molecule is CNCc1cc(Br)c(OC2CCOCC2)c(OC)c1. The minimum absolute atomic E-state index is 0.203. The van der Waals surface area contributed by atoms with Crippen LogP contribution >= 0.6 is 15.9 Å². The summed E-state index contributed by atoms with van der Waals surface area (Å²) in [7, 11) is 3.59. The van der Waals surface area contributed by atoms with Gasteiger partial charge in [-0.2, -0.15) is 0 Å². The Morgan fingerprint density at radius 3 is 2.74 bits per heavy atom. The molecule has 1 fully saturated rings. The van der Waals surface area contributed by atoms with Crippen molar-refractivity contribution in [3.8, 4) is 11.5 Å². The van der Waals surface area contributed by atoms with E-state index in [9.17, 15) is 0 Å². The highest BCUT2D eigenvalue weighted by molar-refractivity contribution is 9.10. The maximum Gasteiger partial charge on any atom is 0.175 e. The fourth-order valence-corrected chi connectivity index (χ4v) is 2.74. The zero-order chi connectivity index (χ0) is 13.7. The first-order valence-electron chi connectivity index (χ1n) is 6.50. The predicted octanol–water partition coefficient (Wildman–Crippen LogP) is 2.73. The van der Waals surface area contributed by atoms with Gasteiger partial charge in [-0.3, -0.25) is 0 Å². The molecule has 0 amide bonds. The van der Waals surface area contributed by atoms with Crippen LogP contribution in [0.2, 0.25) is 0 Å². The van der Waals surface area contributed by atoms with Crippen molar-refractivity contribution in [1.82, 2.24) is 5.32 Å². The Labute approximate surface area is 122 Å². The van der Waals surface area contributed by atoms with Gasteiger partial charge in [-0.05, 0) is 40.7 Å². The van der Waals surface area contributed by atoms with E-state index in [1.807, 2.05) is 13.1 Å². The van der Waals surface area contributed by atoms with Gasteiger partial charge in [-0.25, -0.2) is 0 Å². The van der Waals surface area contributed by atoms with Gasteiger partial charge < -0.3 is 19.5 Å². The Morgan fingerprint density at radius 1 is 1.37 bits per heavy atom. The molecule has 0 saturated carbocycles. The number of hydrogen-bond donors (Lipinski definition) is 1. The van der Waals surface area contributed by atoms with Crippen LogP contribution in [0.25, 0.3) is 0 Å². The number of nitrogens with one attached hydrogen (secondary N) is 1. The summed E-state index contributed by atoms with van der Waals surface area (Å²) in [4.78, 5) is 0. The fourth-order valence-electron chi connectivity index (χ4n) is 2.15. The molecule has 1 aliphatic rings. The summed E-state index contributed by atoms with van der Waals surface area (Å²) in [6, 6.07) is 4.07. The highest BCUT2D eigenvalue weighted by Crippen LogP contribution is 2.38. The van der Waals surface area contributed by atoms with Crippen LogP contribution in [-0.4, -0.2) is 33.5 Å². The third-order valence-corrected chi connectivity index (χ3v) is 3.71. The molecule has 2 rings (SSSR count). The molecular weight excluding hydrogens is 310 g/mol. The van der Waals surface area contributed by atoms with Crippen LogP contribution in [0, 0.1) is 0 Å². The fraction of sp³-hybridized carbons (Fsp3) is 0.571. The van der Waals surface area contributed by atoms with Gasteiger partial charge in [0.2, 0.25) is 0 Å². The Balaban J connectivity index is 2.17. The summed E-state index contributed by atoms with van der Waals surface area (Å²) in [5.41, 5.74) is 1.16. The Kier molecular flexibility index (Phi) is 5.48. The molecular formula is C14H20BrNO3. The molecule has 1 heterocycles. The van der Waals surface area contributed by atoms with Crippen LogP contribution < -0.4 is 14.8 Å². The van der Waals surface area contributed by atoms with Crippen molar-refractivity contribution < 1.29 is 14.2 Å². The van der Waals surface area contributed by atoms with E-state index < -0.39 is 0 Å². The van der Waals surface area contributed by atoms with Crippen molar-refractivity contribution in [2.24, 2.45) is 0 Å². The third kappa shape index (κ3) is 3.84. The summed E-state index contributed by atoms with van der Waals surface area (Å²) in [5, 5.41) is 3.13. The Hall–Kier alpha value is -0.780. The van der Waals surface area contributed by atoms with Crippen LogP contribution in [0.3, 0.4) is 0 Å². The lowest BCUT2D eigenvalue weighted by Gasteiger charge is -2.25. The van der Waals surface area contributed by atoms with E-state index in [2.05, 4.69) is 27.3 Å². The Morgan fingerprint density at radius 2 is 2.11 bits per heavy atom. The molecule has 1 aromatic rings. The van der Waals surface area contributed by atoms with Crippen LogP contribution in [0.15, 0.2) is 16.6 Å². The maximum absolute atomic E-state index is 6.07. The summed E-state index contributed by atoms with van der Waals surface area (Å²) >= 11 is 3.57.